The average Bonchev–Trinajstić information content (AvgIpc) is 3.87. The van der Waals surface area contributed by atoms with Gasteiger partial charge in [0.1, 0.15) is 5.56 Å². The van der Waals surface area contributed by atoms with Gasteiger partial charge in [0, 0.05) is 67.3 Å². The predicted molar refractivity (Wildman–Crippen MR) is 199 cm³/mol. The van der Waals surface area contributed by atoms with Crippen molar-refractivity contribution in [2.24, 2.45) is 10.1 Å². The van der Waals surface area contributed by atoms with E-state index in [1.54, 1.807) is 0 Å². The number of likely N-dealkylation sites (tertiary alicyclic amines) is 1. The van der Waals surface area contributed by atoms with Crippen LogP contribution in [0, 0.1) is 0 Å². The maximum Gasteiger partial charge on any atom is 1.00 e. The molecule has 24 nitrogen and oxygen atoms in total. The molecule has 1 aromatic rings. The Hall–Kier alpha value is 2.61. The van der Waals surface area contributed by atoms with Gasteiger partial charge in [-0.05, 0) is 69.2 Å². The summed E-state index contributed by atoms with van der Waals surface area (Å²) in [5, 5.41) is 33.2. The van der Waals surface area contributed by atoms with Gasteiger partial charge in [0.2, 0.25) is 11.8 Å². The number of H-pyrrole nitrogens is 1. The van der Waals surface area contributed by atoms with Crippen molar-refractivity contribution in [3.8, 4) is 5.88 Å². The standard InChI is InChI=1S/C31H41N7O17S4.4K/c1-32-16-51-29-21(31(42)38(35-29)23-15-19(57-55-53-44)8-12-25(23)59(48,49)50)10-6-17(36-13-3-4-26(36)39)5-9-20-27(28(40)33-2)34-37(30(20)41)22-14-18(56-54-52-43)7-11-24(22)58(45,46)47;;;;/h5-6,9-10,16,18-19,22-25,35,43-44H,3-4,7-8,11-15H2,1-2H3,(H,33,40)(H,45,46,47)(H,48,49,50);;;;/q;4*+1/p-4/b10-6?,17-5?,20-9-,32-16?;;;;. The molecule has 1 aromatic heterocycles. The fourth-order valence-electron chi connectivity index (χ4n) is 7.29. The second-order valence-corrected chi connectivity index (χ2v) is 18.5. The molecule has 3 heterocycles. The molecule has 4 aliphatic rings. The third-order valence-electron chi connectivity index (χ3n) is 9.97. The summed E-state index contributed by atoms with van der Waals surface area (Å²) < 4.78 is 89.2. The van der Waals surface area contributed by atoms with E-state index in [1.165, 1.54) is 37.2 Å². The van der Waals surface area contributed by atoms with Gasteiger partial charge in [-0.3, -0.25) is 39.3 Å². The monoisotopic (exact) mass is 1060 g/mol. The fourth-order valence-corrected chi connectivity index (χ4v) is 10.7. The van der Waals surface area contributed by atoms with Gasteiger partial charge in [0.15, 0.2) is 12.1 Å². The number of aliphatic imine (C=N–C) groups is 1. The van der Waals surface area contributed by atoms with E-state index in [1.807, 2.05) is 0 Å². The van der Waals surface area contributed by atoms with E-state index in [2.05, 4.69) is 39.3 Å². The number of aromatic nitrogens is 2. The maximum atomic E-state index is 14.0. The number of nitrogens with one attached hydrogen (secondary N) is 2. The maximum absolute atomic E-state index is 14.0. The number of carbonyl (C=O) groups is 3. The number of allylic oxidation sites excluding steroid dienone is 3. The molecule has 2 saturated carbocycles. The van der Waals surface area contributed by atoms with Crippen LogP contribution in [0.1, 0.15) is 63.0 Å². The molecule has 3 amide bonds. The van der Waals surface area contributed by atoms with Crippen molar-refractivity contribution in [1.29, 1.82) is 0 Å². The van der Waals surface area contributed by atoms with Gasteiger partial charge in [-0.1, -0.05) is 0 Å². The van der Waals surface area contributed by atoms with Gasteiger partial charge in [-0.15, -0.1) is 0 Å². The number of hydrogen-bond acceptors (Lipinski definition) is 21. The third-order valence-corrected chi connectivity index (χ3v) is 14.2. The van der Waals surface area contributed by atoms with Crippen LogP contribution in [-0.4, -0.2) is 123 Å². The van der Waals surface area contributed by atoms with Crippen LogP contribution >= 0.6 is 24.1 Å². The molecule has 0 spiro atoms. The molecule has 326 valence electrons. The van der Waals surface area contributed by atoms with E-state index in [-0.39, 0.29) is 286 Å². The van der Waals surface area contributed by atoms with Crippen molar-refractivity contribution in [3.05, 3.63) is 45.4 Å². The summed E-state index contributed by atoms with van der Waals surface area (Å²) in [6.07, 6.45) is 5.99. The van der Waals surface area contributed by atoms with Gasteiger partial charge in [0.25, 0.3) is 17.4 Å². The van der Waals surface area contributed by atoms with Crippen LogP contribution in [-0.2, 0) is 53.4 Å². The van der Waals surface area contributed by atoms with Crippen LogP contribution in [0.25, 0.3) is 6.08 Å². The Morgan fingerprint density at radius 3 is 2.00 bits per heavy atom. The molecule has 1 saturated heterocycles. The number of carbonyl (C=O) groups excluding carboxylic acids is 3. The molecular weight excluding hydrogens is 1030 g/mol. The minimum absolute atomic E-state index is 0. The van der Waals surface area contributed by atoms with Crippen molar-refractivity contribution in [2.75, 3.05) is 20.6 Å². The molecule has 0 bridgehead atoms. The van der Waals surface area contributed by atoms with Crippen LogP contribution in [0.4, 0.5) is 0 Å². The number of rotatable bonds is 17. The first-order valence-electron chi connectivity index (χ1n) is 17.6. The van der Waals surface area contributed by atoms with Gasteiger partial charge < -0.3 is 34.6 Å². The van der Waals surface area contributed by atoms with Crippen molar-refractivity contribution in [1.82, 2.24) is 25.0 Å². The van der Waals surface area contributed by atoms with E-state index in [0.717, 1.165) is 22.2 Å². The van der Waals surface area contributed by atoms with Gasteiger partial charge in [-0.25, -0.2) is 26.5 Å². The molecule has 2 aliphatic carbocycles. The number of hydrazone groups is 1. The molecule has 2 aliphatic heterocycles. The molecule has 32 heteroatoms. The Balaban J connectivity index is 0.00000496. The molecule has 6 unspecified atom stereocenters. The molecule has 6 atom stereocenters. The zero-order valence-corrected chi connectivity index (χ0v) is 50.8. The van der Waals surface area contributed by atoms with Crippen molar-refractivity contribution in [2.45, 2.75) is 84.5 Å². The predicted octanol–water partition coefficient (Wildman–Crippen LogP) is -13.8. The van der Waals surface area contributed by atoms with Crippen LogP contribution in [0.2, 0.25) is 0 Å². The molecule has 0 aromatic carbocycles. The van der Waals surface area contributed by atoms with Gasteiger partial charge in [0.05, 0.1) is 48.4 Å². The number of ether oxygens (including phenoxy) is 1. The third kappa shape index (κ3) is 16.8. The van der Waals surface area contributed by atoms with Crippen molar-refractivity contribution in [3.63, 3.8) is 0 Å². The summed E-state index contributed by atoms with van der Waals surface area (Å²) in [5.74, 6) is -2.42. The number of nitrogens with zero attached hydrogens (tertiary/aromatic N) is 5. The van der Waals surface area contributed by atoms with E-state index < -0.39 is 76.4 Å². The summed E-state index contributed by atoms with van der Waals surface area (Å²) in [6.45, 7) is 0.191. The van der Waals surface area contributed by atoms with E-state index in [0.29, 0.717) is 30.5 Å². The molecule has 63 heavy (non-hydrogen) atoms. The zero-order chi connectivity index (χ0) is 43.1. The first kappa shape index (κ1) is 63.6. The van der Waals surface area contributed by atoms with Gasteiger partial charge >= 0.3 is 206 Å². The summed E-state index contributed by atoms with van der Waals surface area (Å²) in [5.41, 5.74) is -1.81. The fraction of sp³-hybridized carbons (Fsp3) is 0.548. The van der Waals surface area contributed by atoms with Gasteiger partial charge in [-0.2, -0.15) is 13.8 Å². The van der Waals surface area contributed by atoms with Crippen LogP contribution < -0.4 is 232 Å². The van der Waals surface area contributed by atoms with Crippen LogP contribution in [0.15, 0.2) is 44.4 Å². The second kappa shape index (κ2) is 29.8. The topological polar surface area (TPSA) is 339 Å². The summed E-state index contributed by atoms with van der Waals surface area (Å²) >= 11 is 1.17. The Kier molecular flexibility index (Phi) is 30.1. The zero-order valence-electron chi connectivity index (χ0n) is 35.0. The molecule has 5 rings (SSSR count). The number of hydrogen-bond donors (Lipinski definition) is 2. The number of amides is 3. The van der Waals surface area contributed by atoms with Crippen LogP contribution in [0.5, 0.6) is 5.88 Å². The van der Waals surface area contributed by atoms with Crippen LogP contribution in [0.3, 0.4) is 0 Å². The Morgan fingerprint density at radius 2 is 1.49 bits per heavy atom. The molecular formula is C31H37K4N7O17S4. The van der Waals surface area contributed by atoms with E-state index in [4.69, 9.17) is 4.74 Å². The Bertz CT molecular complexity index is 2210. The average molecular weight is 1060 g/mol. The number of aromatic amines is 1. The minimum Gasteiger partial charge on any atom is -0.748 e. The molecule has 3 fully saturated rings. The minimum atomic E-state index is -5.01. The van der Waals surface area contributed by atoms with Crippen molar-refractivity contribution < 1.29 is 280 Å². The first-order valence-corrected chi connectivity index (χ1v) is 22.2. The largest absolute Gasteiger partial charge is 1.00 e. The Labute approximate surface area is 540 Å². The summed E-state index contributed by atoms with van der Waals surface area (Å²) in [4.78, 5) is 59.1. The Morgan fingerprint density at radius 1 is 0.921 bits per heavy atom. The van der Waals surface area contributed by atoms with Crippen molar-refractivity contribution >= 4 is 80.2 Å². The smallest absolute Gasteiger partial charge is 0.748 e. The molecule has 2 N–H and O–H groups in total. The van der Waals surface area contributed by atoms with E-state index >= 15 is 0 Å². The van der Waals surface area contributed by atoms with E-state index in [9.17, 15) is 55.6 Å². The SMILES string of the molecule is CN=COc1[nH]n(C2CC(SOO[O-])CCC2S(=O)(=O)[O-])c(=O)c1C=CC(=C/C=C1\C(=O)N(C2CC(SOO[O-])CCC2S(=O)(=O)[O-])N=C1C(=O)NC)N1CCCC1=O.[K+].[K+].[K+].[K+]. The summed E-state index contributed by atoms with van der Waals surface area (Å²) in [6, 6.07) is -2.67. The normalized spacial score (nSPS) is 25.1. The first-order chi connectivity index (χ1) is 28.0. The summed E-state index contributed by atoms with van der Waals surface area (Å²) in [7, 11) is -7.36. The molecule has 0 radical (unpaired) electrons. The second-order valence-electron chi connectivity index (χ2n) is 13.4. The quantitative estimate of drug-likeness (QED) is 0.0168.